The van der Waals surface area contributed by atoms with Crippen LogP contribution in [0, 0.1) is 40.2 Å². The van der Waals surface area contributed by atoms with Crippen LogP contribution < -0.4 is 37.8 Å². The molecule has 134 heavy (non-hydrogen) atoms. The van der Waals surface area contributed by atoms with Crippen LogP contribution in [0.2, 0.25) is 0 Å². The number of hydrogen-bond donors (Lipinski definition) is 9. The van der Waals surface area contributed by atoms with E-state index in [0.29, 0.717) is 87.1 Å². The molecule has 27 heteroatoms. The van der Waals surface area contributed by atoms with Gasteiger partial charge in [0.25, 0.3) is 11.8 Å². The van der Waals surface area contributed by atoms with E-state index in [1.165, 1.54) is 37.1 Å². The summed E-state index contributed by atoms with van der Waals surface area (Å²) in [5.41, 5.74) is 8.40. The third-order valence-corrected chi connectivity index (χ3v) is 28.4. The predicted molar refractivity (Wildman–Crippen MR) is 503 cm³/mol. The molecule has 3 saturated carbocycles. The van der Waals surface area contributed by atoms with Crippen LogP contribution in [-0.2, 0) is 46.6 Å². The van der Waals surface area contributed by atoms with Crippen molar-refractivity contribution >= 4 is 96.2 Å². The van der Waals surface area contributed by atoms with Crippen LogP contribution in [0.1, 0.15) is 207 Å². The van der Waals surface area contributed by atoms with Gasteiger partial charge in [0.2, 0.25) is 0 Å². The molecule has 4 aliphatic carbocycles. The molecule has 7 aromatic carbocycles. The molecule has 2 saturated heterocycles. The molecule has 2 amide bonds. The summed E-state index contributed by atoms with van der Waals surface area (Å²) < 4.78 is 38.9. The van der Waals surface area contributed by atoms with Gasteiger partial charge in [-0.1, -0.05) is 181 Å². The second-order valence-electron chi connectivity index (χ2n) is 37.7. The minimum absolute atomic E-state index is 0. The Bertz CT molecular complexity index is 5370. The van der Waals surface area contributed by atoms with Gasteiger partial charge in [0, 0.05) is 121 Å². The molecular weight excluding hydrogens is 1800 g/mol. The number of hydrogen-bond acceptors (Lipinski definition) is 18. The van der Waals surface area contributed by atoms with Crippen LogP contribution >= 0.6 is 0 Å². The number of esters is 1. The fourth-order valence-electron chi connectivity index (χ4n) is 21.8. The molecule has 15 atom stereocenters. The third-order valence-electron chi connectivity index (χ3n) is 28.4. The number of ketones is 3. The first-order chi connectivity index (χ1) is 62.9. The summed E-state index contributed by atoms with van der Waals surface area (Å²) in [5, 5.41) is 99.3. The Labute approximate surface area is 823 Å². The van der Waals surface area contributed by atoms with E-state index in [-0.39, 0.29) is 172 Å². The molecule has 2 unspecified atom stereocenters. The number of para-hydroxylation sites is 2. The van der Waals surface area contributed by atoms with Crippen molar-refractivity contribution in [2.45, 2.75) is 237 Å². The van der Waals surface area contributed by atoms with E-state index >= 15 is 0 Å². The average molecular weight is 1930 g/mol. The monoisotopic (exact) mass is 1920 g/mol. The van der Waals surface area contributed by atoms with Gasteiger partial charge in [0.15, 0.2) is 11.6 Å². The van der Waals surface area contributed by atoms with Gasteiger partial charge < -0.3 is 102 Å². The summed E-state index contributed by atoms with van der Waals surface area (Å²) >= 11 is 0. The number of rotatable bonds is 31. The number of halogens is 3. The van der Waals surface area contributed by atoms with Gasteiger partial charge in [-0.15, -0.1) is 0 Å². The molecule has 6 aliphatic rings. The first-order valence-electron chi connectivity index (χ1n) is 46.0. The van der Waals surface area contributed by atoms with Crippen molar-refractivity contribution in [2.75, 3.05) is 30.9 Å². The predicted octanol–water partition coefficient (Wildman–Crippen LogP) is 11.2. The number of nitrogens with zero attached hydrogens (tertiary/aromatic N) is 3. The molecule has 9 aromatic rings. The molecule has 0 spiro atoms. The van der Waals surface area contributed by atoms with E-state index in [2.05, 4.69) is 31.5 Å². The van der Waals surface area contributed by atoms with Gasteiger partial charge in [-0.2, -0.15) is 0 Å². The Morgan fingerprint density at radius 3 is 1.38 bits per heavy atom. The molecule has 23 nitrogen and oxygen atoms in total. The standard InChI is InChI=1S/2C33H35FN2O5.C21H26O5.C20H30NO3.BrH.Ca/c2*1-21(2)31-30(33(41)35-25-11-7-4-8-12-25)29(22-9-5-3-6-10-22)32(23-13-15-24(34)16-14-23)36(31)18-17-26(37)19-27(38)20-28(39)40;1-19-7-5-13(23)9-12(19)3-4-14-15-6-8-21(26,17(25)11-22)20(15,2)10-16(24)18(14)19;1-14(2)21(3)16-9-10-17(21)12-18(11-16)24-20(23)19(13-22)15-7-5-4-6-8-15;;/h2*3-16,21,26-27,37-38H,17-20H2,1-2H3,(H,35,41)(H,39,40);5,7,9,14-15,18,22,26H,3-4,6,8,10-11H2,1-2H3;4-8,14,16-19,22H,9-13H2,1-3H3;1H;/q;;;+1;;+2/p-3/t2*26-,27-;14-,15-,18+,19-,20-,21-;16-,17+,18+,19?,21?;;/m110.../s1. The number of aliphatic hydroxyl groups excluding tert-OH is 6. The van der Waals surface area contributed by atoms with Crippen molar-refractivity contribution in [3.8, 4) is 44.8 Å². The van der Waals surface area contributed by atoms with E-state index in [9.17, 15) is 93.1 Å². The zero-order valence-electron chi connectivity index (χ0n) is 77.6. The van der Waals surface area contributed by atoms with Crippen molar-refractivity contribution in [2.24, 2.45) is 28.6 Å². The summed E-state index contributed by atoms with van der Waals surface area (Å²) in [7, 11) is 2.37. The number of nitrogens with one attached hydrogen (secondary N) is 2. The fraction of sp³-hybridized carbons (Fsp3) is 0.421. The smallest absolute Gasteiger partial charge is 1.00 e. The minimum atomic E-state index is -1.62. The molecule has 9 N–H and O–H groups in total. The number of quaternary nitrogens is 1. The number of amides is 2. The van der Waals surface area contributed by atoms with Crippen molar-refractivity contribution in [1.82, 2.24) is 9.13 Å². The zero-order valence-corrected chi connectivity index (χ0v) is 81.4. The van der Waals surface area contributed by atoms with E-state index < -0.39 is 95.6 Å². The Balaban J connectivity index is 0.000000189. The van der Waals surface area contributed by atoms with Gasteiger partial charge in [-0.05, 0) is 202 Å². The van der Waals surface area contributed by atoms with Gasteiger partial charge >= 0.3 is 43.7 Å². The number of carboxylic acid groups (broad SMARTS) is 2. The number of carbonyl (C=O) groups excluding carboxylic acids is 8. The maximum atomic E-state index is 14.0. The van der Waals surface area contributed by atoms with Crippen LogP contribution in [0.5, 0.6) is 0 Å². The molecule has 708 valence electrons. The van der Waals surface area contributed by atoms with Crippen molar-refractivity contribution < 1.29 is 119 Å². The average Bonchev–Trinajstić information content (AvgIpc) is 1.48. The van der Waals surface area contributed by atoms with Crippen molar-refractivity contribution in [3.63, 3.8) is 0 Å². The number of carbonyl (C=O) groups is 8. The number of anilines is 2. The van der Waals surface area contributed by atoms with Crippen LogP contribution in [0.4, 0.5) is 20.2 Å². The van der Waals surface area contributed by atoms with Gasteiger partial charge in [0.1, 0.15) is 41.6 Å². The number of carboxylic acids is 2. The molecule has 0 radical (unpaired) electrons. The van der Waals surface area contributed by atoms with E-state index in [4.69, 9.17) is 4.74 Å². The van der Waals surface area contributed by atoms with Gasteiger partial charge in [-0.3, -0.25) is 28.8 Å². The molecule has 5 fully saturated rings. The Morgan fingerprint density at radius 2 is 0.985 bits per heavy atom. The Kier molecular flexibility index (Phi) is 37.2. The molecular formula is C107H124BrCaF2N5O18. The van der Waals surface area contributed by atoms with Crippen LogP contribution in [0.15, 0.2) is 224 Å². The summed E-state index contributed by atoms with van der Waals surface area (Å²) in [4.78, 5) is 99.8. The van der Waals surface area contributed by atoms with Crippen LogP contribution in [-0.4, -0.2) is 209 Å². The maximum absolute atomic E-state index is 14.0. The Morgan fingerprint density at radius 1 is 0.567 bits per heavy atom. The molecule has 2 aliphatic heterocycles. The molecule has 4 heterocycles. The van der Waals surface area contributed by atoms with Crippen molar-refractivity contribution in [1.29, 1.82) is 0 Å². The second kappa shape index (κ2) is 46.8. The topological polar surface area (TPSA) is 367 Å². The summed E-state index contributed by atoms with van der Waals surface area (Å²) in [5.74, 6) is -5.86. The Hall–Kier alpha value is -9.78. The number of aromatic nitrogens is 2. The normalized spacial score (nSPS) is 22.9. The summed E-state index contributed by atoms with van der Waals surface area (Å²) in [6, 6.07) is 60.6. The van der Waals surface area contributed by atoms with Gasteiger partial charge in [0.05, 0.1) is 78.7 Å². The number of aliphatic hydroxyl groups is 7. The quantitative estimate of drug-likeness (QED) is 0.0111. The molecule has 2 bridgehead atoms. The number of piperidine rings is 1. The zero-order chi connectivity index (χ0) is 95.3. The van der Waals surface area contributed by atoms with Crippen molar-refractivity contribution in [3.05, 3.63) is 264 Å². The minimum Gasteiger partial charge on any atom is -1.00 e. The first-order valence-corrected chi connectivity index (χ1v) is 46.0. The molecule has 15 rings (SSSR count). The molecule has 2 aromatic heterocycles. The number of allylic oxidation sites excluding steroid dienone is 4. The summed E-state index contributed by atoms with van der Waals surface area (Å²) in [6.07, 6.45) is 6.64. The second-order valence-corrected chi connectivity index (χ2v) is 37.7. The van der Waals surface area contributed by atoms with E-state index in [0.717, 1.165) is 63.8 Å². The maximum Gasteiger partial charge on any atom is 2.00 e. The number of Topliss-reactive ketones (excluding diaryl/α,β-unsaturated/α-hetero) is 2. The first kappa shape index (κ1) is 106. The fourth-order valence-corrected chi connectivity index (χ4v) is 21.8. The number of benzene rings is 7. The number of ether oxygens (including phenoxy) is 1. The number of aliphatic carboxylic acids is 2. The SMILES string of the molecule is CC(C)[N+]1(C)[C@@H]2CC[C@H]1C[C@@H](OC(=O)C(CO)c1ccccc1)C2.CC(C)c1c(C(=O)Nc2ccccc2)c(-c2ccccc2)c(-c2ccc(F)cc2)n1CC[C@@H](O)C[C@@H](O)CC(=O)[O-].CC(C)c1c(C(=O)Nc2ccccc2)c(-c2ccccc2)c(-c2ccc(F)cc2)n1CC[C@@H](O)C[C@@H](O)CC(=O)[O-].C[C@]12C=CC(=O)C=C1CC[C@@H]1[C@@H]2C(=O)C[C@@]2(C)[C@H]1CC[C@]2(O)C(=O)CO.[Br-].[Ca+2]. The van der Waals surface area contributed by atoms with Crippen LogP contribution in [0.3, 0.4) is 0 Å². The van der Waals surface area contributed by atoms with E-state index in [1.54, 1.807) is 60.7 Å². The van der Waals surface area contributed by atoms with Crippen LogP contribution in [0.25, 0.3) is 44.8 Å². The number of fused-ring (bicyclic) bond motifs is 7. The van der Waals surface area contributed by atoms with E-state index in [1.807, 2.05) is 184 Å². The summed E-state index contributed by atoms with van der Waals surface area (Å²) in [6.45, 7) is 16.0. The third kappa shape index (κ3) is 23.9. The largest absolute Gasteiger partial charge is 2.00 e. The van der Waals surface area contributed by atoms with Gasteiger partial charge in [-0.25, -0.2) is 8.78 Å².